The highest BCUT2D eigenvalue weighted by atomic mass is 35.5. The van der Waals surface area contributed by atoms with Gasteiger partial charge in [-0.2, -0.15) is 5.26 Å². The Morgan fingerprint density at radius 1 is 1.13 bits per heavy atom. The number of hydrogen-bond donors (Lipinski definition) is 1. The van der Waals surface area contributed by atoms with Gasteiger partial charge in [0, 0.05) is 18.1 Å². The minimum atomic E-state index is -1.22. The van der Waals surface area contributed by atoms with E-state index in [0.29, 0.717) is 22.8 Å². The molecule has 1 saturated carbocycles. The summed E-state index contributed by atoms with van der Waals surface area (Å²) in [7, 11) is 0. The molecule has 0 aliphatic heterocycles. The molecule has 0 saturated heterocycles. The molecule has 2 atom stereocenters. The average Bonchev–Trinajstić information content (AvgIpc) is 3.67. The molecule has 1 aliphatic rings. The summed E-state index contributed by atoms with van der Waals surface area (Å²) in [5.41, 5.74) is 3.10. The maximum absolute atomic E-state index is 14.2. The first-order valence-electron chi connectivity index (χ1n) is 12.1. The second kappa shape index (κ2) is 9.43. The van der Waals surface area contributed by atoms with Crippen LogP contribution in [0, 0.1) is 31.0 Å². The van der Waals surface area contributed by atoms with E-state index in [2.05, 4.69) is 15.0 Å². The quantitative estimate of drug-likeness (QED) is 0.367. The maximum Gasteiger partial charge on any atom is 0.274 e. The van der Waals surface area contributed by atoms with Gasteiger partial charge in [-0.25, -0.2) is 14.4 Å². The number of rotatable bonds is 5. The molecule has 1 aromatic carbocycles. The molecule has 9 heteroatoms. The fourth-order valence-electron chi connectivity index (χ4n) is 4.75. The van der Waals surface area contributed by atoms with E-state index in [-0.39, 0.29) is 33.8 Å². The van der Waals surface area contributed by atoms with Crippen LogP contribution < -0.4 is 5.56 Å². The van der Waals surface area contributed by atoms with E-state index in [1.165, 1.54) is 12.1 Å². The molecule has 0 radical (unpaired) electrons. The smallest absolute Gasteiger partial charge is 0.274 e. The monoisotopic (exact) mass is 529 g/mol. The van der Waals surface area contributed by atoms with Crippen LogP contribution in [0.4, 0.5) is 4.39 Å². The molecule has 7 nitrogen and oxygen atoms in total. The van der Waals surface area contributed by atoms with Gasteiger partial charge < -0.3 is 5.11 Å². The highest BCUT2D eigenvalue weighted by Crippen LogP contribution is 2.56. The first-order valence-corrected chi connectivity index (χ1v) is 12.5. The summed E-state index contributed by atoms with van der Waals surface area (Å²) in [5.74, 6) is -0.260. The van der Waals surface area contributed by atoms with Gasteiger partial charge in [-0.3, -0.25) is 14.3 Å². The van der Waals surface area contributed by atoms with Gasteiger partial charge >= 0.3 is 0 Å². The van der Waals surface area contributed by atoms with E-state index >= 15 is 0 Å². The van der Waals surface area contributed by atoms with Crippen molar-refractivity contribution in [1.82, 2.24) is 19.5 Å². The van der Waals surface area contributed by atoms with Crippen LogP contribution in [0.5, 0.6) is 0 Å². The summed E-state index contributed by atoms with van der Waals surface area (Å²) < 4.78 is 15.7. The minimum Gasteiger partial charge on any atom is -0.382 e. The Labute approximate surface area is 224 Å². The molecule has 0 spiro atoms. The lowest BCUT2D eigenvalue weighted by atomic mass is 10.0. The molecule has 1 N–H and O–H groups in total. The Morgan fingerprint density at radius 2 is 1.89 bits per heavy atom. The molecule has 4 aromatic rings. The number of aryl methyl sites for hydroxylation is 2. The number of nitrogens with zero attached hydrogens (tertiary/aromatic N) is 5. The van der Waals surface area contributed by atoms with Crippen LogP contribution in [0.3, 0.4) is 0 Å². The molecule has 3 aromatic heterocycles. The van der Waals surface area contributed by atoms with E-state index in [1.807, 2.05) is 26.0 Å². The Bertz CT molecular complexity index is 1690. The molecule has 0 amide bonds. The van der Waals surface area contributed by atoms with Crippen molar-refractivity contribution in [2.75, 3.05) is 0 Å². The Kier molecular flexibility index (Phi) is 6.38. The van der Waals surface area contributed by atoms with E-state index < -0.39 is 11.4 Å². The number of aromatic nitrogens is 4. The van der Waals surface area contributed by atoms with Crippen LogP contribution in [0.2, 0.25) is 5.02 Å². The van der Waals surface area contributed by atoms with Crippen molar-refractivity contribution in [3.05, 3.63) is 104 Å². The summed E-state index contributed by atoms with van der Waals surface area (Å²) >= 11 is 6.65. The van der Waals surface area contributed by atoms with Gasteiger partial charge in [-0.05, 0) is 93.0 Å². The van der Waals surface area contributed by atoms with Crippen LogP contribution in [0.1, 0.15) is 65.9 Å². The predicted octanol–water partition coefficient (Wildman–Crippen LogP) is 5.47. The average molecular weight is 530 g/mol. The van der Waals surface area contributed by atoms with Crippen LogP contribution in [0.15, 0.2) is 53.6 Å². The number of pyridine rings is 2. The highest BCUT2D eigenvalue weighted by molar-refractivity contribution is 6.31. The summed E-state index contributed by atoms with van der Waals surface area (Å²) in [6.45, 7) is 6.92. The van der Waals surface area contributed by atoms with Crippen LogP contribution >= 0.6 is 11.6 Å². The molecular weight excluding hydrogens is 505 g/mol. The number of hydrogen-bond acceptors (Lipinski definition) is 6. The summed E-state index contributed by atoms with van der Waals surface area (Å²) in [6, 6.07) is 11.8. The van der Waals surface area contributed by atoms with Crippen LogP contribution in [0.25, 0.3) is 17.1 Å². The molecule has 1 aliphatic carbocycles. The number of nitriles is 1. The van der Waals surface area contributed by atoms with Gasteiger partial charge in [0.1, 0.15) is 22.5 Å². The number of benzene rings is 1. The molecule has 192 valence electrons. The van der Waals surface area contributed by atoms with Gasteiger partial charge in [0.2, 0.25) is 0 Å². The fraction of sp³-hybridized carbons (Fsp3) is 0.276. The Morgan fingerprint density at radius 3 is 2.58 bits per heavy atom. The van der Waals surface area contributed by atoms with Crippen molar-refractivity contribution in [3.63, 3.8) is 0 Å². The molecule has 5 rings (SSSR count). The molecule has 38 heavy (non-hydrogen) atoms. The van der Waals surface area contributed by atoms with Crippen LogP contribution in [-0.4, -0.2) is 24.6 Å². The number of aliphatic hydroxyl groups is 1. The Balaban J connectivity index is 1.52. The van der Waals surface area contributed by atoms with Crippen LogP contribution in [-0.2, 0) is 5.60 Å². The molecule has 3 heterocycles. The fourth-order valence-corrected chi connectivity index (χ4v) is 5.03. The number of halogens is 2. The molecule has 0 unspecified atom stereocenters. The van der Waals surface area contributed by atoms with Gasteiger partial charge in [0.15, 0.2) is 5.82 Å². The second-order valence-corrected chi connectivity index (χ2v) is 10.6. The second-order valence-electron chi connectivity index (χ2n) is 10.2. The first kappa shape index (κ1) is 25.7. The molecular formula is C29H25ClFN5O2. The van der Waals surface area contributed by atoms with Crippen molar-refractivity contribution in [3.8, 4) is 23.1 Å². The lowest BCUT2D eigenvalue weighted by Crippen LogP contribution is -2.23. The van der Waals surface area contributed by atoms with E-state index in [0.717, 1.165) is 23.1 Å². The zero-order valence-electron chi connectivity index (χ0n) is 21.3. The van der Waals surface area contributed by atoms with Crippen molar-refractivity contribution in [1.29, 1.82) is 5.26 Å². The van der Waals surface area contributed by atoms with Crippen molar-refractivity contribution >= 4 is 11.6 Å². The molecule has 0 bridgehead atoms. The maximum atomic E-state index is 14.2. The van der Waals surface area contributed by atoms with Crippen molar-refractivity contribution in [2.24, 2.45) is 0 Å². The first-order chi connectivity index (χ1) is 18.0. The predicted molar refractivity (Wildman–Crippen MR) is 142 cm³/mol. The Hall–Kier alpha value is -3.93. The third-order valence-electron chi connectivity index (χ3n) is 6.87. The summed E-state index contributed by atoms with van der Waals surface area (Å²) in [4.78, 5) is 26.7. The lowest BCUT2D eigenvalue weighted by molar-refractivity contribution is 0.0688. The summed E-state index contributed by atoms with van der Waals surface area (Å²) in [5, 5.41) is 19.4. The summed E-state index contributed by atoms with van der Waals surface area (Å²) in [6.07, 6.45) is 3.97. The van der Waals surface area contributed by atoms with Gasteiger partial charge in [-0.15, -0.1) is 0 Å². The highest BCUT2D eigenvalue weighted by Gasteiger charge is 2.42. The van der Waals surface area contributed by atoms with Gasteiger partial charge in [-0.1, -0.05) is 17.7 Å². The van der Waals surface area contributed by atoms with Gasteiger partial charge in [0.05, 0.1) is 22.6 Å². The van der Waals surface area contributed by atoms with Gasteiger partial charge in [0.25, 0.3) is 5.56 Å². The third kappa shape index (κ3) is 4.60. The van der Waals surface area contributed by atoms with Crippen molar-refractivity contribution in [2.45, 2.75) is 51.6 Å². The zero-order valence-corrected chi connectivity index (χ0v) is 22.1. The zero-order chi connectivity index (χ0) is 27.4. The van der Waals surface area contributed by atoms with E-state index in [4.69, 9.17) is 16.9 Å². The SMILES string of the molecule is Cc1cnc(-c2ccnc(C(C)(C)O)n2)cc1-n1c(C)cc([C@H]2C[C@@H]2c2ccc(C#N)c(F)c2)c(Cl)c1=O. The largest absolute Gasteiger partial charge is 0.382 e. The van der Waals surface area contributed by atoms with Crippen molar-refractivity contribution < 1.29 is 9.50 Å². The third-order valence-corrected chi connectivity index (χ3v) is 7.25. The minimum absolute atomic E-state index is 0.00720. The lowest BCUT2D eigenvalue weighted by Gasteiger charge is -2.17. The molecule has 1 fully saturated rings. The van der Waals surface area contributed by atoms with E-state index in [1.54, 1.807) is 49.0 Å². The normalized spacial score (nSPS) is 16.8. The van der Waals surface area contributed by atoms with E-state index in [9.17, 15) is 14.3 Å². The standard InChI is InChI=1S/C29H25ClFN5O2/c1-15-14-34-24(23-7-8-33-28(35-23)29(3,4)38)12-25(15)36-16(2)9-21(26(30)27(36)37)20-11-19(20)17-5-6-18(13-32)22(31)10-17/h5-10,12,14,19-20,38H,11H2,1-4H3/t19-,20+/m1/s1. The topological polar surface area (TPSA) is 105 Å².